The van der Waals surface area contributed by atoms with Crippen molar-refractivity contribution >= 4 is 17.4 Å². The Bertz CT molecular complexity index is 1560. The molecule has 3 heterocycles. The predicted molar refractivity (Wildman–Crippen MR) is 129 cm³/mol. The van der Waals surface area contributed by atoms with Crippen LogP contribution in [0, 0.1) is 5.92 Å². The van der Waals surface area contributed by atoms with E-state index in [1.165, 1.54) is 47.7 Å². The Kier molecular flexibility index (Phi) is 7.07. The van der Waals surface area contributed by atoms with Gasteiger partial charge >= 0.3 is 11.9 Å². The highest BCUT2D eigenvalue weighted by Crippen LogP contribution is 2.35. The fourth-order valence-corrected chi connectivity index (χ4v) is 4.13. The fraction of sp³-hybridized carbons (Fsp3) is 0.333. The van der Waals surface area contributed by atoms with Gasteiger partial charge < -0.3 is 5.11 Å². The van der Waals surface area contributed by atoms with E-state index >= 15 is 0 Å². The van der Waals surface area contributed by atoms with Gasteiger partial charge in [0.05, 0.1) is 24.3 Å². The highest BCUT2D eigenvalue weighted by atomic mass is 35.5. The molecule has 0 spiro atoms. The quantitative estimate of drug-likeness (QED) is 0.310. The van der Waals surface area contributed by atoms with Crippen molar-refractivity contribution in [2.75, 3.05) is 0 Å². The van der Waals surface area contributed by atoms with E-state index < -0.39 is 36.6 Å². The van der Waals surface area contributed by atoms with E-state index in [9.17, 15) is 32.3 Å². The maximum absolute atomic E-state index is 13.3. The first-order valence-electron chi connectivity index (χ1n) is 11.7. The van der Waals surface area contributed by atoms with Gasteiger partial charge in [-0.3, -0.25) is 14.3 Å². The Morgan fingerprint density at radius 1 is 1.18 bits per heavy atom. The van der Waals surface area contributed by atoms with Gasteiger partial charge in [0, 0.05) is 23.2 Å². The number of nitrogens with zero attached hydrogens (tertiary/aromatic N) is 7. The number of carbonyl (C=O) groups excluding carboxylic acids is 1. The maximum atomic E-state index is 13.3. The number of pyridine rings is 1. The van der Waals surface area contributed by atoms with Gasteiger partial charge in [0.2, 0.25) is 0 Å². The number of rotatable bonds is 9. The molecule has 1 N–H and O–H groups in total. The molecule has 1 fully saturated rings. The van der Waals surface area contributed by atoms with Gasteiger partial charge in [-0.2, -0.15) is 13.2 Å². The Morgan fingerprint density at radius 2 is 1.90 bits per heavy atom. The van der Waals surface area contributed by atoms with E-state index in [0.717, 1.165) is 9.25 Å². The minimum absolute atomic E-state index is 0.0199. The molecule has 0 unspecified atom stereocenters. The van der Waals surface area contributed by atoms with Crippen LogP contribution >= 0.6 is 11.6 Å². The third-order valence-corrected chi connectivity index (χ3v) is 6.47. The average Bonchev–Trinajstić information content (AvgIpc) is 3.32. The third-order valence-electron chi connectivity index (χ3n) is 6.21. The molecule has 10 nitrogen and oxygen atoms in total. The van der Waals surface area contributed by atoms with E-state index in [-0.39, 0.29) is 36.8 Å². The largest absolute Gasteiger partial charge is 0.416 e. The van der Waals surface area contributed by atoms with Crippen molar-refractivity contribution in [3.63, 3.8) is 0 Å². The zero-order valence-electron chi connectivity index (χ0n) is 20.0. The minimum atomic E-state index is -4.95. The van der Waals surface area contributed by atoms with Crippen LogP contribution < -0.4 is 5.69 Å². The molecule has 0 amide bonds. The monoisotopic (exact) mass is 565 g/mol. The normalized spacial score (nSPS) is 17.8. The summed E-state index contributed by atoms with van der Waals surface area (Å²) in [6.45, 7) is -1.38. The molecular weight excluding hydrogens is 546 g/mol. The Labute approximate surface area is 222 Å². The van der Waals surface area contributed by atoms with Gasteiger partial charge in [-0.15, -0.1) is 10.2 Å². The lowest BCUT2D eigenvalue weighted by Gasteiger charge is -2.15. The van der Waals surface area contributed by atoms with Gasteiger partial charge in [-0.1, -0.05) is 11.6 Å². The summed E-state index contributed by atoms with van der Waals surface area (Å²) in [4.78, 5) is 33.6. The number of hydrogen-bond acceptors (Lipinski definition) is 7. The molecule has 204 valence electrons. The summed E-state index contributed by atoms with van der Waals surface area (Å²) < 4.78 is 55.5. The number of alkyl halides is 4. The molecule has 3 aromatic heterocycles. The molecule has 1 saturated carbocycles. The smallest absolute Gasteiger partial charge is 0.382 e. The van der Waals surface area contributed by atoms with Crippen LogP contribution in [0.5, 0.6) is 0 Å². The molecule has 0 saturated heterocycles. The number of carbonyl (C=O) groups is 1. The van der Waals surface area contributed by atoms with E-state index in [2.05, 4.69) is 20.2 Å². The minimum Gasteiger partial charge on any atom is -0.382 e. The van der Waals surface area contributed by atoms with Crippen LogP contribution in [0.1, 0.15) is 17.8 Å². The number of ketones is 1. The van der Waals surface area contributed by atoms with E-state index in [1.54, 1.807) is 6.07 Å². The SMILES string of the molecule is O=C(Cc1ccncc1-n1cnc(Cn2nc(-c3ccc(Cl)cc3)n(C[C@H](O)C(F)(F)F)c2=O)n1)[C@@H]1C[C@@H]1F. The first-order chi connectivity index (χ1) is 18.5. The van der Waals surface area contributed by atoms with Gasteiger partial charge in [0.25, 0.3) is 0 Å². The second kappa shape index (κ2) is 10.3. The molecule has 1 aliphatic rings. The Morgan fingerprint density at radius 3 is 2.56 bits per heavy atom. The molecule has 15 heteroatoms. The standard InChI is InChI=1S/C24H20ClF4N7O3/c25-15-3-1-13(2-4-15)22-33-35(23(39)34(22)10-20(38)24(27,28)29)11-21-31-12-36(32-21)18-9-30-6-5-14(18)7-19(37)16-8-17(16)26/h1-6,9,12,16-17,20,38H,7-8,10-11H2/t16-,17+,20+/m1/s1. The van der Waals surface area contributed by atoms with E-state index in [4.69, 9.17) is 11.6 Å². The van der Waals surface area contributed by atoms with E-state index in [1.807, 2.05) is 0 Å². The lowest BCUT2D eigenvalue weighted by molar-refractivity contribution is -0.207. The molecule has 4 aromatic rings. The van der Waals surface area contributed by atoms with Crippen LogP contribution in [-0.4, -0.2) is 63.4 Å². The molecule has 0 aliphatic heterocycles. The maximum Gasteiger partial charge on any atom is 0.416 e. The van der Waals surface area contributed by atoms with E-state index in [0.29, 0.717) is 21.8 Å². The topological polar surface area (TPSA) is 121 Å². The molecule has 1 aromatic carbocycles. The second-order valence-corrected chi connectivity index (χ2v) is 9.49. The molecular formula is C24H20ClF4N7O3. The number of Topliss-reactive ketones (excluding diaryl/α,β-unsaturated/α-hetero) is 1. The molecule has 1 aliphatic carbocycles. The average molecular weight is 566 g/mol. The fourth-order valence-electron chi connectivity index (χ4n) is 4.00. The van der Waals surface area contributed by atoms with Crippen LogP contribution in [0.3, 0.4) is 0 Å². The van der Waals surface area contributed by atoms with Crippen molar-refractivity contribution in [2.24, 2.45) is 5.92 Å². The Hall–Kier alpha value is -3.91. The summed E-state index contributed by atoms with van der Waals surface area (Å²) >= 11 is 5.90. The zero-order valence-corrected chi connectivity index (χ0v) is 20.7. The number of aliphatic hydroxyl groups is 1. The van der Waals surface area contributed by atoms with Gasteiger partial charge in [0.15, 0.2) is 17.8 Å². The van der Waals surface area contributed by atoms with Gasteiger partial charge in [-0.05, 0) is 42.3 Å². The number of hydrogen-bond donors (Lipinski definition) is 1. The molecule has 39 heavy (non-hydrogen) atoms. The summed E-state index contributed by atoms with van der Waals surface area (Å²) in [5, 5.41) is 18.5. The first kappa shape index (κ1) is 26.7. The highest BCUT2D eigenvalue weighted by Gasteiger charge is 2.43. The number of halogens is 5. The molecule has 0 radical (unpaired) electrons. The van der Waals surface area contributed by atoms with Crippen molar-refractivity contribution < 1.29 is 27.5 Å². The lowest BCUT2D eigenvalue weighted by Crippen LogP contribution is -2.37. The second-order valence-electron chi connectivity index (χ2n) is 9.05. The van der Waals surface area contributed by atoms with Crippen LogP contribution in [0.2, 0.25) is 5.02 Å². The van der Waals surface area contributed by atoms with Crippen molar-refractivity contribution in [2.45, 2.75) is 44.4 Å². The Balaban J connectivity index is 1.43. The number of aromatic nitrogens is 7. The number of benzene rings is 1. The first-order valence-corrected chi connectivity index (χ1v) is 12.1. The van der Waals surface area contributed by atoms with Crippen molar-refractivity contribution in [3.8, 4) is 17.1 Å². The zero-order chi connectivity index (χ0) is 27.9. The third kappa shape index (κ3) is 5.76. The van der Waals surface area contributed by atoms with Crippen molar-refractivity contribution in [1.29, 1.82) is 0 Å². The lowest BCUT2D eigenvalue weighted by atomic mass is 10.1. The van der Waals surface area contributed by atoms with Gasteiger partial charge in [0.1, 0.15) is 24.8 Å². The summed E-state index contributed by atoms with van der Waals surface area (Å²) in [6.07, 6.45) is -4.40. The summed E-state index contributed by atoms with van der Waals surface area (Å²) in [5.74, 6) is -0.861. The molecule has 0 bridgehead atoms. The predicted octanol–water partition coefficient (Wildman–Crippen LogP) is 2.78. The summed E-state index contributed by atoms with van der Waals surface area (Å²) in [6, 6.07) is 7.55. The van der Waals surface area contributed by atoms with Crippen molar-refractivity contribution in [3.05, 3.63) is 75.9 Å². The highest BCUT2D eigenvalue weighted by molar-refractivity contribution is 6.30. The van der Waals surface area contributed by atoms with Crippen LogP contribution in [0.4, 0.5) is 17.6 Å². The van der Waals surface area contributed by atoms with Crippen LogP contribution in [0.25, 0.3) is 17.1 Å². The number of aliphatic hydroxyl groups excluding tert-OH is 1. The van der Waals surface area contributed by atoms with Crippen LogP contribution in [-0.2, 0) is 24.3 Å². The van der Waals surface area contributed by atoms with Crippen molar-refractivity contribution in [1.82, 2.24) is 34.1 Å². The molecule has 5 rings (SSSR count). The summed E-state index contributed by atoms with van der Waals surface area (Å²) in [7, 11) is 0. The van der Waals surface area contributed by atoms with Crippen LogP contribution in [0.15, 0.2) is 53.8 Å². The molecule has 3 atom stereocenters. The van der Waals surface area contributed by atoms with Gasteiger partial charge in [-0.25, -0.2) is 23.5 Å². The summed E-state index contributed by atoms with van der Waals surface area (Å²) in [5.41, 5.74) is 0.364.